The highest BCUT2D eigenvalue weighted by atomic mass is 35.5. The number of hydrogen-bond acceptors (Lipinski definition) is 3. The largest absolute Gasteiger partial charge is 0.261 e. The number of hydrogen-bond donors (Lipinski definition) is 0. The number of aromatic nitrogens is 2. The molecule has 0 aliphatic rings. The fraction of sp³-hybridized carbons (Fsp3) is 0.0909. The van der Waals surface area contributed by atoms with E-state index in [0.29, 0.717) is 0 Å². The molecule has 2 aromatic heterocycles. The molecule has 4 heteroatoms. The van der Waals surface area contributed by atoms with E-state index in [1.54, 1.807) is 29.9 Å². The van der Waals surface area contributed by atoms with Crippen molar-refractivity contribution in [3.05, 3.63) is 45.6 Å². The first-order chi connectivity index (χ1) is 7.25. The average Bonchev–Trinajstić information content (AvgIpc) is 2.65. The van der Waals surface area contributed by atoms with Crippen molar-refractivity contribution in [1.29, 1.82) is 0 Å². The standard InChI is InChI=1S/C11H9ClN2S/c1-8(10-7-13-4-5-14-10)6-9-2-3-11(12)15-9/h2-7H,1H3/b8-6-. The topological polar surface area (TPSA) is 25.8 Å². The van der Waals surface area contributed by atoms with Crippen LogP contribution in [0.3, 0.4) is 0 Å². The number of thiophene rings is 1. The molecule has 2 rings (SSSR count). The van der Waals surface area contributed by atoms with Crippen LogP contribution in [-0.4, -0.2) is 9.97 Å². The van der Waals surface area contributed by atoms with Crippen LogP contribution in [0.4, 0.5) is 0 Å². The van der Waals surface area contributed by atoms with Gasteiger partial charge in [0.15, 0.2) is 0 Å². The summed E-state index contributed by atoms with van der Waals surface area (Å²) in [5.74, 6) is 0. The van der Waals surface area contributed by atoms with Gasteiger partial charge in [-0.3, -0.25) is 9.97 Å². The summed E-state index contributed by atoms with van der Waals surface area (Å²) in [5, 5.41) is 0. The van der Waals surface area contributed by atoms with Crippen molar-refractivity contribution in [2.45, 2.75) is 6.92 Å². The maximum Gasteiger partial charge on any atom is 0.0934 e. The van der Waals surface area contributed by atoms with E-state index in [-0.39, 0.29) is 0 Å². The first-order valence-corrected chi connectivity index (χ1v) is 5.65. The molecule has 0 amide bonds. The molecule has 0 aliphatic heterocycles. The summed E-state index contributed by atoms with van der Waals surface area (Å²) in [5.41, 5.74) is 1.98. The van der Waals surface area contributed by atoms with Gasteiger partial charge in [-0.25, -0.2) is 0 Å². The second-order valence-corrected chi connectivity index (χ2v) is 4.81. The minimum Gasteiger partial charge on any atom is -0.261 e. The van der Waals surface area contributed by atoms with Crippen LogP contribution in [0.2, 0.25) is 4.34 Å². The molecule has 2 heterocycles. The second kappa shape index (κ2) is 4.55. The van der Waals surface area contributed by atoms with Crippen molar-refractivity contribution in [2.24, 2.45) is 0 Å². The lowest BCUT2D eigenvalue weighted by Crippen LogP contribution is -1.85. The Bertz CT molecular complexity index is 476. The highest BCUT2D eigenvalue weighted by molar-refractivity contribution is 7.17. The first-order valence-electron chi connectivity index (χ1n) is 4.46. The molecule has 15 heavy (non-hydrogen) atoms. The van der Waals surface area contributed by atoms with Crippen LogP contribution in [0, 0.1) is 0 Å². The molecule has 76 valence electrons. The molecule has 0 N–H and O–H groups in total. The molecule has 2 aromatic rings. The van der Waals surface area contributed by atoms with Gasteiger partial charge in [0.05, 0.1) is 16.2 Å². The van der Waals surface area contributed by atoms with Gasteiger partial charge in [0, 0.05) is 17.3 Å². The van der Waals surface area contributed by atoms with Gasteiger partial charge < -0.3 is 0 Å². The Hall–Kier alpha value is -1.19. The number of halogens is 1. The van der Waals surface area contributed by atoms with E-state index >= 15 is 0 Å². The Labute approximate surface area is 97.3 Å². The van der Waals surface area contributed by atoms with E-state index in [0.717, 1.165) is 20.5 Å². The summed E-state index contributed by atoms with van der Waals surface area (Å²) in [7, 11) is 0. The molecule has 0 unspecified atom stereocenters. The van der Waals surface area contributed by atoms with Gasteiger partial charge in [-0.2, -0.15) is 0 Å². The minimum atomic E-state index is 0.799. The molecule has 0 radical (unpaired) electrons. The lowest BCUT2D eigenvalue weighted by Gasteiger charge is -1.97. The van der Waals surface area contributed by atoms with Crippen LogP contribution in [0.25, 0.3) is 11.6 Å². The third-order valence-corrected chi connectivity index (χ3v) is 3.10. The summed E-state index contributed by atoms with van der Waals surface area (Å²) in [4.78, 5) is 9.38. The van der Waals surface area contributed by atoms with Gasteiger partial charge >= 0.3 is 0 Å². The molecular formula is C11H9ClN2S. The Morgan fingerprint density at radius 1 is 1.40 bits per heavy atom. The summed E-state index contributed by atoms with van der Waals surface area (Å²) in [6.45, 7) is 2.01. The zero-order valence-electron chi connectivity index (χ0n) is 8.14. The summed E-state index contributed by atoms with van der Waals surface area (Å²) < 4.78 is 0.799. The second-order valence-electron chi connectivity index (χ2n) is 3.06. The van der Waals surface area contributed by atoms with Crippen LogP contribution in [-0.2, 0) is 0 Å². The van der Waals surface area contributed by atoms with Gasteiger partial charge in [-0.1, -0.05) is 11.6 Å². The monoisotopic (exact) mass is 236 g/mol. The van der Waals surface area contributed by atoms with Crippen LogP contribution < -0.4 is 0 Å². The van der Waals surface area contributed by atoms with Crippen molar-refractivity contribution in [3.8, 4) is 0 Å². The predicted octanol–water partition coefficient (Wildman–Crippen LogP) is 3.75. The van der Waals surface area contributed by atoms with Gasteiger partial charge in [-0.05, 0) is 30.7 Å². The Morgan fingerprint density at radius 3 is 2.87 bits per heavy atom. The third kappa shape index (κ3) is 2.64. The van der Waals surface area contributed by atoms with Gasteiger partial charge in [0.2, 0.25) is 0 Å². The summed E-state index contributed by atoms with van der Waals surface area (Å²) >= 11 is 7.40. The highest BCUT2D eigenvalue weighted by Crippen LogP contribution is 2.25. The van der Waals surface area contributed by atoms with E-state index in [1.807, 2.05) is 19.1 Å². The lowest BCUT2D eigenvalue weighted by molar-refractivity contribution is 1.17. The maximum atomic E-state index is 5.85. The van der Waals surface area contributed by atoms with Crippen LogP contribution in [0.1, 0.15) is 17.5 Å². The highest BCUT2D eigenvalue weighted by Gasteiger charge is 1.99. The molecule has 0 spiro atoms. The summed E-state index contributed by atoms with van der Waals surface area (Å²) in [6, 6.07) is 3.88. The van der Waals surface area contributed by atoms with Crippen molar-refractivity contribution in [2.75, 3.05) is 0 Å². The van der Waals surface area contributed by atoms with Crippen molar-refractivity contribution in [3.63, 3.8) is 0 Å². The molecule has 0 saturated heterocycles. The van der Waals surface area contributed by atoms with E-state index in [1.165, 1.54) is 0 Å². The predicted molar refractivity (Wildman–Crippen MR) is 64.9 cm³/mol. The van der Waals surface area contributed by atoms with Crippen LogP contribution in [0.5, 0.6) is 0 Å². The molecule has 0 bridgehead atoms. The fourth-order valence-corrected chi connectivity index (χ4v) is 2.26. The Balaban J connectivity index is 2.28. The van der Waals surface area contributed by atoms with E-state index in [2.05, 4.69) is 16.0 Å². The quantitative estimate of drug-likeness (QED) is 0.794. The molecule has 0 aliphatic carbocycles. The first kappa shape index (κ1) is 10.3. The molecule has 0 aromatic carbocycles. The molecular weight excluding hydrogens is 228 g/mol. The smallest absolute Gasteiger partial charge is 0.0934 e. The number of allylic oxidation sites excluding steroid dienone is 1. The van der Waals surface area contributed by atoms with Crippen LogP contribution >= 0.6 is 22.9 Å². The lowest BCUT2D eigenvalue weighted by atomic mass is 10.2. The normalized spacial score (nSPS) is 11.7. The van der Waals surface area contributed by atoms with E-state index < -0.39 is 0 Å². The minimum absolute atomic E-state index is 0.799. The molecule has 0 fully saturated rings. The molecule has 0 saturated carbocycles. The average molecular weight is 237 g/mol. The van der Waals surface area contributed by atoms with Crippen molar-refractivity contribution in [1.82, 2.24) is 9.97 Å². The Kier molecular flexibility index (Phi) is 3.14. The van der Waals surface area contributed by atoms with E-state index in [9.17, 15) is 0 Å². The van der Waals surface area contributed by atoms with Crippen LogP contribution in [0.15, 0.2) is 30.7 Å². The van der Waals surface area contributed by atoms with Crippen molar-refractivity contribution < 1.29 is 0 Å². The maximum absolute atomic E-state index is 5.85. The zero-order chi connectivity index (χ0) is 10.7. The zero-order valence-corrected chi connectivity index (χ0v) is 9.72. The fourth-order valence-electron chi connectivity index (χ4n) is 1.20. The number of rotatable bonds is 2. The third-order valence-electron chi connectivity index (χ3n) is 1.92. The Morgan fingerprint density at radius 2 is 2.27 bits per heavy atom. The molecule has 2 nitrogen and oxygen atoms in total. The molecule has 0 atom stereocenters. The summed E-state index contributed by atoms with van der Waals surface area (Å²) in [6.07, 6.45) is 7.16. The SMILES string of the molecule is C/C(=C/c1ccc(Cl)s1)c1cnccn1. The van der Waals surface area contributed by atoms with Gasteiger partial charge in [0.1, 0.15) is 0 Å². The van der Waals surface area contributed by atoms with E-state index in [4.69, 9.17) is 11.6 Å². The number of nitrogens with zero attached hydrogens (tertiary/aromatic N) is 2. The van der Waals surface area contributed by atoms with Gasteiger partial charge in [0.25, 0.3) is 0 Å². The van der Waals surface area contributed by atoms with Gasteiger partial charge in [-0.15, -0.1) is 11.3 Å². The van der Waals surface area contributed by atoms with Crippen molar-refractivity contribution >= 4 is 34.6 Å².